The van der Waals surface area contributed by atoms with E-state index in [2.05, 4.69) is 10.3 Å². The predicted octanol–water partition coefficient (Wildman–Crippen LogP) is 3.50. The second kappa shape index (κ2) is 4.75. The molecule has 0 radical (unpaired) electrons. The lowest BCUT2D eigenvalue weighted by Gasteiger charge is -2.25. The molecule has 0 spiro atoms. The largest absolute Gasteiger partial charge is 0.374 e. The number of halogens is 1. The average Bonchev–Trinajstić information content (AvgIpc) is 2.81. The molecule has 0 aliphatic heterocycles. The second-order valence-corrected chi connectivity index (χ2v) is 5.32. The van der Waals surface area contributed by atoms with Crippen LogP contribution in [0.3, 0.4) is 0 Å². The lowest BCUT2D eigenvalue weighted by Crippen LogP contribution is -2.27. The van der Waals surface area contributed by atoms with Gasteiger partial charge in [0.05, 0.1) is 17.2 Å². The Hall–Kier alpha value is -1.93. The lowest BCUT2D eigenvalue weighted by molar-refractivity contribution is 0.599. The Morgan fingerprint density at radius 3 is 2.78 bits per heavy atom. The Morgan fingerprint density at radius 2 is 2.17 bits per heavy atom. The van der Waals surface area contributed by atoms with Crippen LogP contribution in [-0.2, 0) is 5.54 Å². The van der Waals surface area contributed by atoms with E-state index in [1.807, 2.05) is 25.3 Å². The molecular formula is C13H12FN3S. The first kappa shape index (κ1) is 12.5. The van der Waals surface area contributed by atoms with Crippen LogP contribution in [0.2, 0.25) is 0 Å². The zero-order valence-corrected chi connectivity index (χ0v) is 10.9. The Labute approximate surface area is 109 Å². The van der Waals surface area contributed by atoms with Crippen LogP contribution in [0.1, 0.15) is 24.4 Å². The number of hydrogen-bond donors (Lipinski definition) is 1. The Balaban J connectivity index is 2.29. The van der Waals surface area contributed by atoms with Crippen molar-refractivity contribution in [3.8, 4) is 6.07 Å². The van der Waals surface area contributed by atoms with E-state index in [0.29, 0.717) is 11.3 Å². The standard InChI is InChI=1S/C13H12FN3S/c1-13(2,12-16-3-4-18-12)17-11-6-9(8-15)5-10(14)7-11/h3-7,17H,1-2H3. The number of nitrogens with one attached hydrogen (secondary N) is 1. The number of aromatic nitrogens is 1. The van der Waals surface area contributed by atoms with Crippen molar-refractivity contribution in [2.45, 2.75) is 19.4 Å². The van der Waals surface area contributed by atoms with Crippen LogP contribution in [0.15, 0.2) is 29.8 Å². The third-order valence-electron chi connectivity index (χ3n) is 2.45. The summed E-state index contributed by atoms with van der Waals surface area (Å²) in [7, 11) is 0. The Bertz CT molecular complexity index is 585. The van der Waals surface area contributed by atoms with Gasteiger partial charge >= 0.3 is 0 Å². The van der Waals surface area contributed by atoms with Crippen molar-refractivity contribution in [3.05, 3.63) is 46.2 Å². The molecule has 1 N–H and O–H groups in total. The van der Waals surface area contributed by atoms with Gasteiger partial charge in [0, 0.05) is 17.3 Å². The SMILES string of the molecule is CC(C)(Nc1cc(F)cc(C#N)c1)c1nccs1. The number of hydrogen-bond acceptors (Lipinski definition) is 4. The molecule has 92 valence electrons. The summed E-state index contributed by atoms with van der Waals surface area (Å²) in [5, 5.41) is 14.8. The number of rotatable bonds is 3. The van der Waals surface area contributed by atoms with Crippen molar-refractivity contribution in [1.29, 1.82) is 5.26 Å². The molecule has 0 aliphatic carbocycles. The smallest absolute Gasteiger partial charge is 0.126 e. The normalized spacial score (nSPS) is 11.0. The van der Waals surface area contributed by atoms with Crippen LogP contribution >= 0.6 is 11.3 Å². The highest BCUT2D eigenvalue weighted by atomic mass is 32.1. The molecule has 0 fully saturated rings. The highest BCUT2D eigenvalue weighted by Crippen LogP contribution is 2.27. The van der Waals surface area contributed by atoms with Crippen molar-refractivity contribution in [2.75, 3.05) is 5.32 Å². The molecule has 1 heterocycles. The monoisotopic (exact) mass is 261 g/mol. The number of nitrogens with zero attached hydrogens (tertiary/aromatic N) is 2. The van der Waals surface area contributed by atoms with Crippen molar-refractivity contribution in [3.63, 3.8) is 0 Å². The molecule has 0 aliphatic rings. The molecule has 0 saturated carbocycles. The second-order valence-electron chi connectivity index (χ2n) is 4.43. The summed E-state index contributed by atoms with van der Waals surface area (Å²) < 4.78 is 13.3. The fourth-order valence-electron chi connectivity index (χ4n) is 1.67. The van der Waals surface area contributed by atoms with Gasteiger partial charge in [0.2, 0.25) is 0 Å². The maximum Gasteiger partial charge on any atom is 0.126 e. The summed E-state index contributed by atoms with van der Waals surface area (Å²) in [6.07, 6.45) is 1.73. The van der Waals surface area contributed by atoms with E-state index < -0.39 is 11.4 Å². The maximum absolute atomic E-state index is 13.3. The van der Waals surface area contributed by atoms with Crippen molar-refractivity contribution in [2.24, 2.45) is 0 Å². The minimum atomic E-state index is -0.425. The van der Waals surface area contributed by atoms with Gasteiger partial charge in [0.15, 0.2) is 0 Å². The molecule has 2 aromatic rings. The summed E-state index contributed by atoms with van der Waals surface area (Å²) in [4.78, 5) is 4.25. The van der Waals surface area contributed by atoms with E-state index in [0.717, 1.165) is 5.01 Å². The molecule has 18 heavy (non-hydrogen) atoms. The third kappa shape index (κ3) is 2.66. The molecule has 1 aromatic carbocycles. The quantitative estimate of drug-likeness (QED) is 0.919. The number of benzene rings is 1. The molecule has 0 saturated heterocycles. The molecule has 0 unspecified atom stereocenters. The maximum atomic E-state index is 13.3. The van der Waals surface area contributed by atoms with Gasteiger partial charge in [0.25, 0.3) is 0 Å². The van der Waals surface area contributed by atoms with E-state index in [1.54, 1.807) is 12.3 Å². The van der Waals surface area contributed by atoms with Crippen LogP contribution < -0.4 is 5.32 Å². The van der Waals surface area contributed by atoms with Crippen LogP contribution in [0, 0.1) is 17.1 Å². The van der Waals surface area contributed by atoms with Gasteiger partial charge in [-0.25, -0.2) is 9.37 Å². The highest BCUT2D eigenvalue weighted by Gasteiger charge is 2.23. The topological polar surface area (TPSA) is 48.7 Å². The van der Waals surface area contributed by atoms with Gasteiger partial charge in [-0.3, -0.25) is 0 Å². The summed E-state index contributed by atoms with van der Waals surface area (Å²) in [6.45, 7) is 3.92. The first-order valence-electron chi connectivity index (χ1n) is 5.40. The predicted molar refractivity (Wildman–Crippen MR) is 69.9 cm³/mol. The van der Waals surface area contributed by atoms with Crippen molar-refractivity contribution < 1.29 is 4.39 Å². The van der Waals surface area contributed by atoms with Crippen molar-refractivity contribution >= 4 is 17.0 Å². The summed E-state index contributed by atoms with van der Waals surface area (Å²) >= 11 is 1.53. The highest BCUT2D eigenvalue weighted by molar-refractivity contribution is 7.09. The van der Waals surface area contributed by atoms with Crippen LogP contribution in [0.5, 0.6) is 0 Å². The van der Waals surface area contributed by atoms with Gasteiger partial charge in [-0.2, -0.15) is 5.26 Å². The van der Waals surface area contributed by atoms with Crippen molar-refractivity contribution in [1.82, 2.24) is 4.98 Å². The fraction of sp³-hybridized carbons (Fsp3) is 0.231. The zero-order chi connectivity index (χ0) is 13.2. The molecule has 2 rings (SSSR count). The first-order chi connectivity index (χ1) is 8.51. The van der Waals surface area contributed by atoms with E-state index in [-0.39, 0.29) is 0 Å². The van der Waals surface area contributed by atoms with Gasteiger partial charge in [-0.1, -0.05) is 0 Å². The average molecular weight is 261 g/mol. The summed E-state index contributed by atoms with van der Waals surface area (Å²) in [5.41, 5.74) is 0.466. The van der Waals surface area contributed by atoms with Gasteiger partial charge in [-0.15, -0.1) is 11.3 Å². The number of nitriles is 1. The summed E-state index contributed by atoms with van der Waals surface area (Å²) in [6, 6.07) is 6.14. The molecule has 0 bridgehead atoms. The third-order valence-corrected chi connectivity index (χ3v) is 3.55. The van der Waals surface area contributed by atoms with Gasteiger partial charge < -0.3 is 5.32 Å². The summed E-state index contributed by atoms with van der Waals surface area (Å²) in [5.74, 6) is -0.425. The van der Waals surface area contributed by atoms with E-state index in [4.69, 9.17) is 5.26 Å². The van der Waals surface area contributed by atoms with E-state index in [9.17, 15) is 4.39 Å². The molecule has 3 nitrogen and oxygen atoms in total. The number of thiazole rings is 1. The minimum absolute atomic E-state index is 0.299. The number of anilines is 1. The lowest BCUT2D eigenvalue weighted by atomic mass is 10.1. The van der Waals surface area contributed by atoms with Gasteiger partial charge in [0.1, 0.15) is 10.8 Å². The molecule has 1 aromatic heterocycles. The zero-order valence-electron chi connectivity index (χ0n) is 10.1. The van der Waals surface area contributed by atoms with Crippen LogP contribution in [0.25, 0.3) is 0 Å². The minimum Gasteiger partial charge on any atom is -0.374 e. The molecule has 5 heteroatoms. The Kier molecular flexibility index (Phi) is 3.30. The Morgan fingerprint density at radius 1 is 1.39 bits per heavy atom. The van der Waals surface area contributed by atoms with Crippen LogP contribution in [0.4, 0.5) is 10.1 Å². The molecule has 0 atom stereocenters. The molecule has 0 amide bonds. The van der Waals surface area contributed by atoms with E-state index in [1.165, 1.54) is 23.5 Å². The van der Waals surface area contributed by atoms with Crippen LogP contribution in [-0.4, -0.2) is 4.98 Å². The molecular weight excluding hydrogens is 249 g/mol. The fourth-order valence-corrected chi connectivity index (χ4v) is 2.39. The first-order valence-corrected chi connectivity index (χ1v) is 6.28. The van der Waals surface area contributed by atoms with E-state index >= 15 is 0 Å². The van der Waals surface area contributed by atoms with Gasteiger partial charge in [-0.05, 0) is 32.0 Å².